The highest BCUT2D eigenvalue weighted by atomic mass is 35.5. The van der Waals surface area contributed by atoms with Gasteiger partial charge in [-0.15, -0.1) is 0 Å². The molecule has 0 aliphatic heterocycles. The van der Waals surface area contributed by atoms with Crippen LogP contribution in [0.3, 0.4) is 0 Å². The third-order valence-electron chi connectivity index (χ3n) is 6.33. The summed E-state index contributed by atoms with van der Waals surface area (Å²) in [7, 11) is -3.38. The van der Waals surface area contributed by atoms with E-state index in [4.69, 9.17) is 11.6 Å². The van der Waals surface area contributed by atoms with E-state index in [0.29, 0.717) is 23.4 Å². The zero-order valence-electron chi connectivity index (χ0n) is 16.1. The molecule has 0 spiro atoms. The minimum absolute atomic E-state index is 0.0290. The molecule has 2 fully saturated rings. The lowest BCUT2D eigenvalue weighted by Crippen LogP contribution is -2.33. The van der Waals surface area contributed by atoms with Crippen LogP contribution in [-0.4, -0.2) is 41.9 Å². The molecule has 156 valence electrons. The van der Waals surface area contributed by atoms with E-state index in [1.165, 1.54) is 12.1 Å². The van der Waals surface area contributed by atoms with E-state index in [0.717, 1.165) is 22.7 Å². The van der Waals surface area contributed by atoms with Gasteiger partial charge in [0.2, 0.25) is 0 Å². The molecular formula is C21H20ClN3O4S. The Morgan fingerprint density at radius 1 is 1.27 bits per heavy atom. The van der Waals surface area contributed by atoms with Gasteiger partial charge in [0.05, 0.1) is 22.2 Å². The highest BCUT2D eigenvalue weighted by Gasteiger charge is 2.62. The van der Waals surface area contributed by atoms with E-state index in [1.807, 2.05) is 0 Å². The lowest BCUT2D eigenvalue weighted by Gasteiger charge is -2.27. The normalized spacial score (nSPS) is 27.8. The fraction of sp³-hybridized carbons (Fsp3) is 0.333. The van der Waals surface area contributed by atoms with Gasteiger partial charge in [-0.05, 0) is 60.6 Å². The monoisotopic (exact) mass is 445 g/mol. The van der Waals surface area contributed by atoms with Gasteiger partial charge in [-0.2, -0.15) is 5.10 Å². The number of benzene rings is 2. The number of rotatable bonds is 4. The Hall–Kier alpha value is -2.42. The molecule has 1 amide bonds. The van der Waals surface area contributed by atoms with Gasteiger partial charge in [-0.3, -0.25) is 9.89 Å². The summed E-state index contributed by atoms with van der Waals surface area (Å²) in [5.74, 6) is 0.0272. The van der Waals surface area contributed by atoms with Crippen LogP contribution in [0.15, 0.2) is 47.5 Å². The first-order chi connectivity index (χ1) is 14.2. The summed E-state index contributed by atoms with van der Waals surface area (Å²) in [5.41, 5.74) is 0.840. The van der Waals surface area contributed by atoms with Gasteiger partial charge in [0.15, 0.2) is 9.84 Å². The number of sulfone groups is 1. The van der Waals surface area contributed by atoms with Gasteiger partial charge in [-0.1, -0.05) is 17.7 Å². The summed E-state index contributed by atoms with van der Waals surface area (Å²) in [6.45, 7) is 0. The SMILES string of the molecule is CS(=O)(=O)c1cccc(C(=O)N[C@H]2[C@@H]3C[C@@](O)(c4cc(Cl)cc5[nH]ncc45)C[C@@H]32)c1. The third-order valence-corrected chi connectivity index (χ3v) is 7.65. The zero-order chi connectivity index (χ0) is 21.3. The lowest BCUT2D eigenvalue weighted by atomic mass is 9.86. The van der Waals surface area contributed by atoms with Crippen molar-refractivity contribution >= 4 is 38.2 Å². The first-order valence-corrected chi connectivity index (χ1v) is 11.9. The van der Waals surface area contributed by atoms with Gasteiger partial charge >= 0.3 is 0 Å². The van der Waals surface area contributed by atoms with E-state index in [2.05, 4.69) is 15.5 Å². The number of nitrogens with zero attached hydrogens (tertiary/aromatic N) is 1. The third kappa shape index (κ3) is 3.19. The molecule has 1 heterocycles. The zero-order valence-corrected chi connectivity index (χ0v) is 17.7. The van der Waals surface area contributed by atoms with Crippen LogP contribution in [-0.2, 0) is 15.4 Å². The van der Waals surface area contributed by atoms with Gasteiger partial charge in [0.25, 0.3) is 5.91 Å². The summed E-state index contributed by atoms with van der Waals surface area (Å²) in [6.07, 6.45) is 3.85. The average molecular weight is 446 g/mol. The summed E-state index contributed by atoms with van der Waals surface area (Å²) in [4.78, 5) is 12.7. The summed E-state index contributed by atoms with van der Waals surface area (Å²) < 4.78 is 23.5. The van der Waals surface area contributed by atoms with E-state index in [-0.39, 0.29) is 28.7 Å². The Balaban J connectivity index is 1.31. The van der Waals surface area contributed by atoms with Crippen molar-refractivity contribution in [3.8, 4) is 0 Å². The number of hydrogen-bond acceptors (Lipinski definition) is 5. The van der Waals surface area contributed by atoms with Gasteiger partial charge in [0, 0.05) is 28.3 Å². The Bertz CT molecular complexity index is 1270. The van der Waals surface area contributed by atoms with Crippen molar-refractivity contribution in [2.24, 2.45) is 11.8 Å². The van der Waals surface area contributed by atoms with E-state index in [9.17, 15) is 18.3 Å². The molecule has 2 aliphatic carbocycles. The predicted octanol–water partition coefficient (Wildman–Crippen LogP) is 2.65. The number of nitrogens with one attached hydrogen (secondary N) is 2. The molecule has 7 nitrogen and oxygen atoms in total. The van der Waals surface area contributed by atoms with Crippen molar-refractivity contribution in [2.75, 3.05) is 6.26 Å². The number of H-pyrrole nitrogens is 1. The average Bonchev–Trinajstić information content (AvgIpc) is 3.03. The molecule has 4 atom stereocenters. The van der Waals surface area contributed by atoms with Crippen molar-refractivity contribution in [1.82, 2.24) is 15.5 Å². The number of carbonyl (C=O) groups excluding carboxylic acids is 1. The number of hydrogen-bond donors (Lipinski definition) is 3. The standard InChI is InChI=1S/C21H20ClN3O4S/c1-30(28,29)13-4-2-3-11(5-13)20(26)24-19-14-8-21(27,9-15(14)19)17-6-12(22)7-18-16(17)10-23-25-18/h2-7,10,14-15,19,27H,8-9H2,1H3,(H,23,25)(H,24,26)/t14-,15+,19+,21+. The van der Waals surface area contributed by atoms with Crippen LogP contribution >= 0.6 is 11.6 Å². The van der Waals surface area contributed by atoms with Crippen LogP contribution in [0, 0.1) is 11.8 Å². The van der Waals surface area contributed by atoms with Gasteiger partial charge in [0.1, 0.15) is 0 Å². The Kier molecular flexibility index (Phi) is 4.26. The van der Waals surface area contributed by atoms with Gasteiger partial charge < -0.3 is 10.4 Å². The number of amides is 1. The first kappa shape index (κ1) is 19.5. The molecule has 2 saturated carbocycles. The lowest BCUT2D eigenvalue weighted by molar-refractivity contribution is 0.0293. The largest absolute Gasteiger partial charge is 0.385 e. The molecular weight excluding hydrogens is 426 g/mol. The van der Waals surface area contributed by atoms with Crippen LogP contribution in [0.2, 0.25) is 5.02 Å². The van der Waals surface area contributed by atoms with Crippen LogP contribution < -0.4 is 5.32 Å². The minimum Gasteiger partial charge on any atom is -0.385 e. The van der Waals surface area contributed by atoms with Crippen molar-refractivity contribution in [1.29, 1.82) is 0 Å². The second kappa shape index (κ2) is 6.54. The molecule has 0 unspecified atom stereocenters. The number of aliphatic hydroxyl groups is 1. The van der Waals surface area contributed by atoms with Crippen molar-refractivity contribution < 1.29 is 18.3 Å². The second-order valence-corrected chi connectivity index (χ2v) is 10.8. The van der Waals surface area contributed by atoms with Crippen molar-refractivity contribution in [3.05, 3.63) is 58.7 Å². The number of aromatic nitrogens is 2. The predicted molar refractivity (Wildman–Crippen MR) is 112 cm³/mol. The van der Waals surface area contributed by atoms with Crippen LogP contribution in [0.5, 0.6) is 0 Å². The molecule has 2 aromatic carbocycles. The molecule has 0 radical (unpaired) electrons. The summed E-state index contributed by atoms with van der Waals surface area (Å²) in [5, 5.41) is 22.6. The number of carbonyl (C=O) groups is 1. The van der Waals surface area contributed by atoms with Crippen LogP contribution in [0.4, 0.5) is 0 Å². The second-order valence-electron chi connectivity index (χ2n) is 8.35. The van der Waals surface area contributed by atoms with E-state index >= 15 is 0 Å². The van der Waals surface area contributed by atoms with Crippen LogP contribution in [0.1, 0.15) is 28.8 Å². The van der Waals surface area contributed by atoms with Crippen molar-refractivity contribution in [2.45, 2.75) is 29.4 Å². The quantitative estimate of drug-likeness (QED) is 0.571. The molecule has 5 rings (SSSR count). The maximum Gasteiger partial charge on any atom is 0.251 e. The summed E-state index contributed by atoms with van der Waals surface area (Å²) >= 11 is 6.22. The maximum atomic E-state index is 12.6. The van der Waals surface area contributed by atoms with Gasteiger partial charge in [-0.25, -0.2) is 8.42 Å². The molecule has 1 aromatic heterocycles. The molecule has 2 aliphatic rings. The topological polar surface area (TPSA) is 112 Å². The number of aromatic amines is 1. The molecule has 0 bridgehead atoms. The highest BCUT2D eigenvalue weighted by Crippen LogP contribution is 2.60. The van der Waals surface area contributed by atoms with Crippen molar-refractivity contribution in [3.63, 3.8) is 0 Å². The first-order valence-electron chi connectivity index (χ1n) is 9.62. The molecule has 0 saturated heterocycles. The number of fused-ring (bicyclic) bond motifs is 2. The Morgan fingerprint density at radius 2 is 2.00 bits per heavy atom. The smallest absolute Gasteiger partial charge is 0.251 e. The minimum atomic E-state index is -3.38. The summed E-state index contributed by atoms with van der Waals surface area (Å²) in [6, 6.07) is 9.56. The molecule has 3 aromatic rings. The highest BCUT2D eigenvalue weighted by molar-refractivity contribution is 7.90. The molecule has 30 heavy (non-hydrogen) atoms. The molecule has 3 N–H and O–H groups in total. The van der Waals surface area contributed by atoms with Crippen LogP contribution in [0.25, 0.3) is 10.9 Å². The van der Waals surface area contributed by atoms with E-state index < -0.39 is 15.4 Å². The van der Waals surface area contributed by atoms with E-state index in [1.54, 1.807) is 30.5 Å². The Labute approximate surface area is 178 Å². The molecule has 9 heteroatoms. The maximum absolute atomic E-state index is 12.6. The Morgan fingerprint density at radius 3 is 2.70 bits per heavy atom. The number of halogens is 1. The fourth-order valence-electron chi connectivity index (χ4n) is 4.80. The fourth-order valence-corrected chi connectivity index (χ4v) is 5.69.